The van der Waals surface area contributed by atoms with Crippen LogP contribution in [0.25, 0.3) is 11.0 Å². The number of hydrogen-bond donors (Lipinski definition) is 2. The van der Waals surface area contributed by atoms with E-state index in [0.717, 1.165) is 15.8 Å². The molecule has 2 fully saturated rings. The van der Waals surface area contributed by atoms with Crippen LogP contribution in [0.3, 0.4) is 0 Å². The second-order valence-electron chi connectivity index (χ2n) is 9.94. The Labute approximate surface area is 222 Å². The zero-order valence-corrected chi connectivity index (χ0v) is 20.5. The molecule has 4 aromatic rings. The Hall–Kier alpha value is -4.83. The van der Waals surface area contributed by atoms with E-state index in [2.05, 4.69) is 5.32 Å². The fourth-order valence-corrected chi connectivity index (χ4v) is 5.88. The molecule has 0 spiro atoms. The zero-order chi connectivity index (χ0) is 27.3. The molecule has 6 rings (SSSR count). The van der Waals surface area contributed by atoms with Crippen LogP contribution in [0.1, 0.15) is 22.9 Å². The number of amides is 2. The zero-order valence-electron chi connectivity index (χ0n) is 20.5. The molecule has 10 heteroatoms. The van der Waals surface area contributed by atoms with Crippen LogP contribution in [0.2, 0.25) is 0 Å². The van der Waals surface area contributed by atoms with Crippen LogP contribution in [0, 0.1) is 22.0 Å². The van der Waals surface area contributed by atoms with Crippen molar-refractivity contribution in [2.75, 3.05) is 0 Å². The second-order valence-corrected chi connectivity index (χ2v) is 9.94. The molecule has 0 aliphatic carbocycles. The summed E-state index contributed by atoms with van der Waals surface area (Å²) in [6.07, 6.45) is -0.170. The van der Waals surface area contributed by atoms with Crippen molar-refractivity contribution >= 4 is 34.4 Å². The van der Waals surface area contributed by atoms with Crippen molar-refractivity contribution in [2.45, 2.75) is 24.5 Å². The number of carbonyl (C=O) groups excluding carboxylic acids is 2. The van der Waals surface area contributed by atoms with E-state index in [4.69, 9.17) is 4.42 Å². The summed E-state index contributed by atoms with van der Waals surface area (Å²) in [7, 11) is 0. The molecule has 1 aromatic heterocycles. The Morgan fingerprint density at radius 3 is 2.33 bits per heavy atom. The number of carboxylic acids is 1. The Bertz CT molecular complexity index is 1580. The fourth-order valence-electron chi connectivity index (χ4n) is 5.88. The summed E-state index contributed by atoms with van der Waals surface area (Å²) in [5.41, 5.74) is -0.207. The molecule has 4 atom stereocenters. The summed E-state index contributed by atoms with van der Waals surface area (Å²) < 4.78 is 6.05. The average Bonchev–Trinajstić information content (AvgIpc) is 3.58. The van der Waals surface area contributed by atoms with Crippen LogP contribution in [0.4, 0.5) is 5.69 Å². The number of likely N-dealkylation sites (tertiary alicyclic amines) is 1. The predicted molar refractivity (Wildman–Crippen MR) is 138 cm³/mol. The highest BCUT2D eigenvalue weighted by atomic mass is 16.6. The third-order valence-corrected chi connectivity index (χ3v) is 7.69. The molecule has 196 valence electrons. The standard InChI is InChI=1S/C29H23N3O7/c33-26-23-24(27(34)31(26)16-18-6-2-1-3-7-18)29(28(35)36,15-17-10-12-20(13-11-17)32(37)38)30-25(23)22-14-19-8-4-5-9-21(19)39-22/h1-14,23-25,30H,15-16H2,(H,35,36). The number of benzene rings is 3. The number of nitrogens with zero attached hydrogens (tertiary/aromatic N) is 2. The predicted octanol–water partition coefficient (Wildman–Crippen LogP) is 3.85. The first-order valence-corrected chi connectivity index (χ1v) is 12.4. The minimum atomic E-state index is -1.86. The van der Waals surface area contributed by atoms with Gasteiger partial charge in [-0.3, -0.25) is 34.7 Å². The van der Waals surface area contributed by atoms with Crippen molar-refractivity contribution in [3.05, 3.63) is 112 Å². The number of non-ortho nitro benzene ring substituents is 1. The van der Waals surface area contributed by atoms with Gasteiger partial charge in [0.15, 0.2) is 0 Å². The summed E-state index contributed by atoms with van der Waals surface area (Å²) in [5, 5.41) is 25.6. The van der Waals surface area contributed by atoms with Gasteiger partial charge in [0.05, 0.1) is 29.3 Å². The number of carbonyl (C=O) groups is 3. The number of nitro benzene ring substituents is 1. The van der Waals surface area contributed by atoms with Gasteiger partial charge in [-0.15, -0.1) is 0 Å². The van der Waals surface area contributed by atoms with Crippen molar-refractivity contribution in [1.29, 1.82) is 0 Å². The second kappa shape index (κ2) is 9.17. The molecule has 3 heterocycles. The van der Waals surface area contributed by atoms with Crippen LogP contribution in [0.15, 0.2) is 89.3 Å². The lowest BCUT2D eigenvalue weighted by molar-refractivity contribution is -0.384. The van der Waals surface area contributed by atoms with Crippen LogP contribution in [-0.4, -0.2) is 38.3 Å². The van der Waals surface area contributed by atoms with Gasteiger partial charge in [-0.2, -0.15) is 0 Å². The van der Waals surface area contributed by atoms with Gasteiger partial charge in [0.2, 0.25) is 11.8 Å². The molecule has 0 saturated carbocycles. The van der Waals surface area contributed by atoms with E-state index in [-0.39, 0.29) is 18.7 Å². The first-order valence-electron chi connectivity index (χ1n) is 12.4. The van der Waals surface area contributed by atoms with Gasteiger partial charge in [-0.05, 0) is 23.3 Å². The monoisotopic (exact) mass is 525 g/mol. The Morgan fingerprint density at radius 1 is 0.974 bits per heavy atom. The fraction of sp³-hybridized carbons (Fsp3) is 0.207. The summed E-state index contributed by atoms with van der Waals surface area (Å²) in [6, 6.07) is 22.7. The number of fused-ring (bicyclic) bond motifs is 2. The lowest BCUT2D eigenvalue weighted by atomic mass is 9.76. The molecule has 2 N–H and O–H groups in total. The van der Waals surface area contributed by atoms with Gasteiger partial charge in [0.25, 0.3) is 5.69 Å². The highest BCUT2D eigenvalue weighted by Gasteiger charge is 2.69. The third kappa shape index (κ3) is 3.96. The smallest absolute Gasteiger partial charge is 0.325 e. The number of rotatable bonds is 7. The van der Waals surface area contributed by atoms with Crippen LogP contribution < -0.4 is 5.32 Å². The number of nitrogens with one attached hydrogen (secondary N) is 1. The Balaban J connectivity index is 1.45. The van der Waals surface area contributed by atoms with E-state index in [9.17, 15) is 29.6 Å². The highest BCUT2D eigenvalue weighted by molar-refractivity contribution is 6.09. The molecule has 2 amide bonds. The molecular weight excluding hydrogens is 502 g/mol. The van der Waals surface area contributed by atoms with E-state index < -0.39 is 46.1 Å². The average molecular weight is 526 g/mol. The molecule has 39 heavy (non-hydrogen) atoms. The van der Waals surface area contributed by atoms with Crippen molar-refractivity contribution in [1.82, 2.24) is 10.2 Å². The molecule has 10 nitrogen and oxygen atoms in total. The Morgan fingerprint density at radius 2 is 1.67 bits per heavy atom. The van der Waals surface area contributed by atoms with E-state index in [1.54, 1.807) is 36.4 Å². The van der Waals surface area contributed by atoms with E-state index >= 15 is 0 Å². The quantitative estimate of drug-likeness (QED) is 0.210. The molecule has 4 unspecified atom stereocenters. The van der Waals surface area contributed by atoms with Gasteiger partial charge in [-0.25, -0.2) is 0 Å². The van der Waals surface area contributed by atoms with Crippen molar-refractivity contribution in [3.8, 4) is 0 Å². The maximum Gasteiger partial charge on any atom is 0.325 e. The topological polar surface area (TPSA) is 143 Å². The van der Waals surface area contributed by atoms with Gasteiger partial charge in [-0.1, -0.05) is 60.7 Å². The van der Waals surface area contributed by atoms with E-state index in [1.807, 2.05) is 24.3 Å². The number of nitro groups is 1. The summed E-state index contributed by atoms with van der Waals surface area (Å²) in [6.45, 7) is 0.0194. The number of furan rings is 1. The summed E-state index contributed by atoms with van der Waals surface area (Å²) in [4.78, 5) is 52.5. The first-order chi connectivity index (χ1) is 18.8. The van der Waals surface area contributed by atoms with Gasteiger partial charge in [0, 0.05) is 23.9 Å². The van der Waals surface area contributed by atoms with E-state index in [1.165, 1.54) is 24.3 Å². The lowest BCUT2D eigenvalue weighted by Crippen LogP contribution is -2.57. The summed E-state index contributed by atoms with van der Waals surface area (Å²) >= 11 is 0. The maximum atomic E-state index is 13.9. The maximum absolute atomic E-state index is 13.9. The molecular formula is C29H23N3O7. The molecule has 2 saturated heterocycles. The number of aliphatic carboxylic acids is 1. The number of carboxylic acid groups (broad SMARTS) is 1. The molecule has 2 aliphatic rings. The number of imide groups is 1. The van der Waals surface area contributed by atoms with Gasteiger partial charge < -0.3 is 9.52 Å². The van der Waals surface area contributed by atoms with Crippen LogP contribution >= 0.6 is 0 Å². The minimum Gasteiger partial charge on any atom is -0.480 e. The molecule has 0 bridgehead atoms. The minimum absolute atomic E-state index is 0.0194. The molecule has 0 radical (unpaired) electrons. The SMILES string of the molecule is O=C1C2C(c3cc4ccccc4o3)NC(Cc3ccc([N+](=O)[O-])cc3)(C(=O)O)C2C(=O)N1Cc1ccccc1. The summed E-state index contributed by atoms with van der Waals surface area (Å²) in [5.74, 6) is -4.23. The van der Waals surface area contributed by atoms with Crippen molar-refractivity contribution in [3.63, 3.8) is 0 Å². The lowest BCUT2D eigenvalue weighted by Gasteiger charge is -2.31. The molecule has 3 aromatic carbocycles. The van der Waals surface area contributed by atoms with Crippen LogP contribution in [-0.2, 0) is 27.3 Å². The molecule has 2 aliphatic heterocycles. The van der Waals surface area contributed by atoms with Gasteiger partial charge in [0.1, 0.15) is 16.9 Å². The highest BCUT2D eigenvalue weighted by Crippen LogP contribution is 2.51. The van der Waals surface area contributed by atoms with Crippen molar-refractivity contribution in [2.24, 2.45) is 11.8 Å². The number of para-hydroxylation sites is 1. The van der Waals surface area contributed by atoms with Crippen LogP contribution in [0.5, 0.6) is 0 Å². The largest absolute Gasteiger partial charge is 0.480 e. The van der Waals surface area contributed by atoms with Crippen molar-refractivity contribution < 1.29 is 28.8 Å². The van der Waals surface area contributed by atoms with E-state index in [0.29, 0.717) is 16.9 Å². The first kappa shape index (κ1) is 24.5. The Kier molecular flexibility index (Phi) is 5.76. The normalized spacial score (nSPS) is 24.3. The third-order valence-electron chi connectivity index (χ3n) is 7.69. The van der Waals surface area contributed by atoms with Gasteiger partial charge >= 0.3 is 5.97 Å². The number of hydrogen-bond acceptors (Lipinski definition) is 7.